The fourth-order valence-corrected chi connectivity index (χ4v) is 4.82. The second kappa shape index (κ2) is 8.70. The fraction of sp³-hybridized carbons (Fsp3) is 0.565. The van der Waals surface area contributed by atoms with Gasteiger partial charge in [-0.05, 0) is 57.7 Å². The van der Waals surface area contributed by atoms with E-state index < -0.39 is 0 Å². The lowest BCUT2D eigenvalue weighted by atomic mass is 9.93. The van der Waals surface area contributed by atoms with Crippen molar-refractivity contribution in [2.45, 2.75) is 58.2 Å². The van der Waals surface area contributed by atoms with Crippen LogP contribution in [0.5, 0.6) is 0 Å². The van der Waals surface area contributed by atoms with E-state index in [0.717, 1.165) is 37.6 Å². The van der Waals surface area contributed by atoms with Gasteiger partial charge in [0.05, 0.1) is 0 Å². The third-order valence-electron chi connectivity index (χ3n) is 6.23. The van der Waals surface area contributed by atoms with E-state index >= 15 is 0 Å². The van der Waals surface area contributed by atoms with Gasteiger partial charge in [-0.25, -0.2) is 0 Å². The lowest BCUT2D eigenvalue weighted by Crippen LogP contribution is -2.61. The Morgan fingerprint density at radius 3 is 2.22 bits per heavy atom. The van der Waals surface area contributed by atoms with Crippen LogP contribution in [0.25, 0.3) is 0 Å². The first-order valence-corrected chi connectivity index (χ1v) is 10.6. The highest BCUT2D eigenvalue weighted by Crippen LogP contribution is 2.28. The molecular weight excluding hydrogens is 354 g/mol. The third-order valence-corrected chi connectivity index (χ3v) is 6.48. The zero-order chi connectivity index (χ0) is 19.6. The highest BCUT2D eigenvalue weighted by atomic mass is 35.5. The molecule has 0 amide bonds. The van der Waals surface area contributed by atoms with Crippen LogP contribution in [0.3, 0.4) is 0 Å². The molecule has 2 fully saturated rings. The summed E-state index contributed by atoms with van der Waals surface area (Å²) < 4.78 is 0. The SMILES string of the molecule is C=C(C)N1CCC(N2C[C@H](C)N(C(=C)C)C[C@@H]2Cc2ccc(Cl)cc2)CC1. The third kappa shape index (κ3) is 4.89. The predicted octanol–water partition coefficient (Wildman–Crippen LogP) is 4.79. The van der Waals surface area contributed by atoms with Crippen molar-refractivity contribution in [3.63, 3.8) is 0 Å². The molecule has 1 aromatic carbocycles. The summed E-state index contributed by atoms with van der Waals surface area (Å²) in [5.74, 6) is 0. The van der Waals surface area contributed by atoms with Gasteiger partial charge in [-0.1, -0.05) is 36.9 Å². The van der Waals surface area contributed by atoms with E-state index in [2.05, 4.69) is 60.8 Å². The van der Waals surface area contributed by atoms with Gasteiger partial charge in [0.15, 0.2) is 0 Å². The molecule has 0 radical (unpaired) electrons. The van der Waals surface area contributed by atoms with Gasteiger partial charge in [-0.3, -0.25) is 4.90 Å². The standard InChI is InChI=1S/C23H34ClN3/c1-17(2)25-12-10-22(11-13-25)27-15-19(5)26(18(3)4)16-23(27)14-20-6-8-21(24)9-7-20/h6-9,19,22-23H,1,3,10-16H2,2,4-5H3/t19-,23-/m0/s1. The zero-order valence-electron chi connectivity index (χ0n) is 17.1. The number of halogens is 1. The average Bonchev–Trinajstić information content (AvgIpc) is 2.64. The first kappa shape index (κ1) is 20.3. The summed E-state index contributed by atoms with van der Waals surface area (Å²) in [6, 6.07) is 10.1. The van der Waals surface area contributed by atoms with Crippen molar-refractivity contribution in [3.8, 4) is 0 Å². The maximum absolute atomic E-state index is 6.09. The molecule has 0 aromatic heterocycles. The number of piperazine rings is 1. The van der Waals surface area contributed by atoms with Crippen molar-refractivity contribution in [1.82, 2.24) is 14.7 Å². The number of hydrogen-bond acceptors (Lipinski definition) is 3. The van der Waals surface area contributed by atoms with E-state index in [-0.39, 0.29) is 0 Å². The number of rotatable bonds is 5. The van der Waals surface area contributed by atoms with E-state index in [4.69, 9.17) is 11.6 Å². The molecule has 1 aromatic rings. The van der Waals surface area contributed by atoms with Crippen LogP contribution < -0.4 is 0 Å². The van der Waals surface area contributed by atoms with E-state index in [1.807, 2.05) is 12.1 Å². The molecule has 0 N–H and O–H groups in total. The maximum atomic E-state index is 6.09. The van der Waals surface area contributed by atoms with E-state index in [9.17, 15) is 0 Å². The molecule has 2 aliphatic heterocycles. The molecule has 2 saturated heterocycles. The second-order valence-electron chi connectivity index (χ2n) is 8.37. The minimum absolute atomic E-state index is 0.514. The molecule has 148 valence electrons. The van der Waals surface area contributed by atoms with Crippen molar-refractivity contribution in [2.24, 2.45) is 0 Å². The van der Waals surface area contributed by atoms with Crippen molar-refractivity contribution in [2.75, 3.05) is 26.2 Å². The predicted molar refractivity (Wildman–Crippen MR) is 116 cm³/mol. The molecule has 27 heavy (non-hydrogen) atoms. The van der Waals surface area contributed by atoms with Gasteiger partial charge in [-0.2, -0.15) is 0 Å². The topological polar surface area (TPSA) is 9.72 Å². The van der Waals surface area contributed by atoms with Crippen molar-refractivity contribution in [3.05, 3.63) is 59.4 Å². The number of allylic oxidation sites excluding steroid dienone is 2. The number of piperidine rings is 1. The molecule has 2 atom stereocenters. The Kier molecular flexibility index (Phi) is 6.54. The van der Waals surface area contributed by atoms with Crippen LogP contribution in [0.4, 0.5) is 0 Å². The molecule has 0 saturated carbocycles. The molecule has 2 aliphatic rings. The fourth-order valence-electron chi connectivity index (χ4n) is 4.70. The summed E-state index contributed by atoms with van der Waals surface area (Å²) in [5.41, 5.74) is 3.75. The summed E-state index contributed by atoms with van der Waals surface area (Å²) in [7, 11) is 0. The van der Waals surface area contributed by atoms with Crippen LogP contribution in [0.2, 0.25) is 5.02 Å². The van der Waals surface area contributed by atoms with Gasteiger partial charge in [0.1, 0.15) is 0 Å². The van der Waals surface area contributed by atoms with Crippen LogP contribution in [0, 0.1) is 0 Å². The lowest BCUT2D eigenvalue weighted by Gasteiger charge is -2.51. The first-order valence-electron chi connectivity index (χ1n) is 10.2. The van der Waals surface area contributed by atoms with Crippen LogP contribution in [0.1, 0.15) is 39.2 Å². The monoisotopic (exact) mass is 387 g/mol. The highest BCUT2D eigenvalue weighted by Gasteiger charge is 2.36. The first-order chi connectivity index (χ1) is 12.8. The zero-order valence-corrected chi connectivity index (χ0v) is 17.9. The molecule has 0 aliphatic carbocycles. The van der Waals surface area contributed by atoms with Gasteiger partial charge in [0.25, 0.3) is 0 Å². The molecule has 0 spiro atoms. The summed E-state index contributed by atoms with van der Waals surface area (Å²) in [5, 5.41) is 0.809. The molecule has 3 nitrogen and oxygen atoms in total. The molecule has 4 heteroatoms. The number of benzene rings is 1. The highest BCUT2D eigenvalue weighted by molar-refractivity contribution is 6.30. The Bertz CT molecular complexity index is 661. The normalized spacial score (nSPS) is 24.9. The Balaban J connectivity index is 1.75. The second-order valence-corrected chi connectivity index (χ2v) is 8.81. The molecule has 2 heterocycles. The summed E-state index contributed by atoms with van der Waals surface area (Å²) in [6.07, 6.45) is 3.52. The van der Waals surface area contributed by atoms with Crippen LogP contribution in [0.15, 0.2) is 48.8 Å². The van der Waals surface area contributed by atoms with Crippen LogP contribution in [-0.2, 0) is 6.42 Å². The van der Waals surface area contributed by atoms with Gasteiger partial charge in [-0.15, -0.1) is 0 Å². The van der Waals surface area contributed by atoms with Gasteiger partial charge in [0, 0.05) is 60.7 Å². The van der Waals surface area contributed by atoms with Gasteiger partial charge in [0.2, 0.25) is 0 Å². The number of likely N-dealkylation sites (tertiary alicyclic amines) is 1. The minimum Gasteiger partial charge on any atom is -0.375 e. The number of hydrogen-bond donors (Lipinski definition) is 0. The average molecular weight is 388 g/mol. The Hall–Kier alpha value is -1.45. The Morgan fingerprint density at radius 1 is 1.04 bits per heavy atom. The van der Waals surface area contributed by atoms with Crippen molar-refractivity contribution < 1.29 is 0 Å². The number of nitrogens with zero attached hydrogens (tertiary/aromatic N) is 3. The van der Waals surface area contributed by atoms with Gasteiger partial charge < -0.3 is 9.80 Å². The van der Waals surface area contributed by atoms with Gasteiger partial charge >= 0.3 is 0 Å². The lowest BCUT2D eigenvalue weighted by molar-refractivity contribution is 0.00561. The van der Waals surface area contributed by atoms with Crippen molar-refractivity contribution >= 4 is 11.6 Å². The summed E-state index contributed by atoms with van der Waals surface area (Å²) in [6.45, 7) is 19.4. The molecular formula is C23H34ClN3. The maximum Gasteiger partial charge on any atom is 0.0406 e. The van der Waals surface area contributed by atoms with E-state index in [1.165, 1.54) is 29.8 Å². The quantitative estimate of drug-likeness (QED) is 0.719. The molecule has 0 unspecified atom stereocenters. The minimum atomic E-state index is 0.514. The van der Waals surface area contributed by atoms with E-state index in [0.29, 0.717) is 18.1 Å². The Morgan fingerprint density at radius 2 is 1.67 bits per heavy atom. The van der Waals surface area contributed by atoms with E-state index in [1.54, 1.807) is 0 Å². The molecule has 3 rings (SSSR count). The Labute approximate surface area is 170 Å². The summed E-state index contributed by atoms with van der Waals surface area (Å²) >= 11 is 6.09. The summed E-state index contributed by atoms with van der Waals surface area (Å²) in [4.78, 5) is 7.70. The molecule has 0 bridgehead atoms. The van der Waals surface area contributed by atoms with Crippen LogP contribution in [-0.4, -0.2) is 59.0 Å². The van der Waals surface area contributed by atoms with Crippen molar-refractivity contribution in [1.29, 1.82) is 0 Å². The van der Waals surface area contributed by atoms with Crippen LogP contribution >= 0.6 is 11.6 Å². The smallest absolute Gasteiger partial charge is 0.0406 e. The largest absolute Gasteiger partial charge is 0.375 e.